The van der Waals surface area contributed by atoms with E-state index in [0.29, 0.717) is 6.54 Å². The summed E-state index contributed by atoms with van der Waals surface area (Å²) >= 11 is 3.36. The summed E-state index contributed by atoms with van der Waals surface area (Å²) in [4.78, 5) is 10.3. The summed E-state index contributed by atoms with van der Waals surface area (Å²) in [6, 6.07) is 6.35. The second-order valence-electron chi connectivity index (χ2n) is 4.22. The van der Waals surface area contributed by atoms with Crippen LogP contribution >= 0.6 is 22.7 Å². The van der Waals surface area contributed by atoms with E-state index in [-0.39, 0.29) is 0 Å². The molecule has 1 aromatic carbocycles. The van der Waals surface area contributed by atoms with Crippen molar-refractivity contribution in [2.45, 2.75) is 20.4 Å². The quantitative estimate of drug-likeness (QED) is 0.779. The van der Waals surface area contributed by atoms with E-state index < -0.39 is 0 Å². The third-order valence-corrected chi connectivity index (χ3v) is 5.11. The van der Waals surface area contributed by atoms with Crippen molar-refractivity contribution in [2.24, 2.45) is 5.73 Å². The fourth-order valence-corrected chi connectivity index (χ4v) is 4.00. The van der Waals surface area contributed by atoms with Gasteiger partial charge in [-0.15, -0.1) is 22.7 Å². The van der Waals surface area contributed by atoms with E-state index in [4.69, 9.17) is 5.73 Å². The molecule has 18 heavy (non-hydrogen) atoms. The van der Waals surface area contributed by atoms with Crippen LogP contribution in [0.25, 0.3) is 20.1 Å². The monoisotopic (exact) mass is 275 g/mol. The summed E-state index contributed by atoms with van der Waals surface area (Å²) in [6.07, 6.45) is 0. The van der Waals surface area contributed by atoms with Gasteiger partial charge in [0.05, 0.1) is 20.8 Å². The summed E-state index contributed by atoms with van der Waals surface area (Å²) in [5.41, 5.74) is 8.98. The van der Waals surface area contributed by atoms with Crippen molar-refractivity contribution in [1.29, 1.82) is 0 Å². The molecule has 5 heteroatoms. The lowest BCUT2D eigenvalue weighted by Crippen LogP contribution is -1.94. The van der Waals surface area contributed by atoms with Gasteiger partial charge in [-0.25, -0.2) is 9.97 Å². The number of hydrogen-bond donors (Lipinski definition) is 1. The second kappa shape index (κ2) is 4.42. The van der Waals surface area contributed by atoms with Gasteiger partial charge in [0.25, 0.3) is 0 Å². The van der Waals surface area contributed by atoms with Crippen LogP contribution in [0.4, 0.5) is 0 Å². The molecule has 0 aliphatic heterocycles. The van der Waals surface area contributed by atoms with Crippen LogP contribution in [0.1, 0.15) is 16.3 Å². The van der Waals surface area contributed by atoms with Gasteiger partial charge in [0.15, 0.2) is 0 Å². The molecule has 0 radical (unpaired) electrons. The minimum Gasteiger partial charge on any atom is -0.325 e. The molecule has 0 bridgehead atoms. The predicted molar refractivity (Wildman–Crippen MR) is 78.1 cm³/mol. The van der Waals surface area contributed by atoms with Crippen LogP contribution in [-0.4, -0.2) is 9.97 Å². The van der Waals surface area contributed by atoms with E-state index in [1.54, 1.807) is 22.7 Å². The van der Waals surface area contributed by atoms with E-state index in [9.17, 15) is 0 Å². The lowest BCUT2D eigenvalue weighted by atomic mass is 10.2. The smallest absolute Gasteiger partial charge is 0.136 e. The van der Waals surface area contributed by atoms with Gasteiger partial charge in [-0.2, -0.15) is 0 Å². The summed E-state index contributed by atoms with van der Waals surface area (Å²) in [7, 11) is 0. The van der Waals surface area contributed by atoms with Gasteiger partial charge >= 0.3 is 0 Å². The van der Waals surface area contributed by atoms with Gasteiger partial charge in [-0.3, -0.25) is 0 Å². The molecule has 3 rings (SSSR count). The van der Waals surface area contributed by atoms with Gasteiger partial charge in [0, 0.05) is 6.54 Å². The SMILES string of the molecule is Cc1ccc2nc(-c3sc(CN)nc3C)sc2c1. The van der Waals surface area contributed by atoms with Crippen LogP contribution in [0, 0.1) is 13.8 Å². The normalized spacial score (nSPS) is 11.3. The van der Waals surface area contributed by atoms with E-state index in [2.05, 4.69) is 35.1 Å². The topological polar surface area (TPSA) is 51.8 Å². The molecule has 3 aromatic rings. The summed E-state index contributed by atoms with van der Waals surface area (Å²) < 4.78 is 1.23. The van der Waals surface area contributed by atoms with Crippen LogP contribution in [0.3, 0.4) is 0 Å². The maximum Gasteiger partial charge on any atom is 0.136 e. The van der Waals surface area contributed by atoms with Crippen LogP contribution in [0.2, 0.25) is 0 Å². The zero-order chi connectivity index (χ0) is 12.7. The van der Waals surface area contributed by atoms with Gasteiger partial charge in [0.2, 0.25) is 0 Å². The maximum atomic E-state index is 5.64. The molecule has 0 amide bonds. The first-order chi connectivity index (χ1) is 8.67. The Bertz CT molecular complexity index is 712. The third kappa shape index (κ3) is 1.94. The van der Waals surface area contributed by atoms with E-state index in [1.165, 1.54) is 10.3 Å². The van der Waals surface area contributed by atoms with Crippen LogP contribution in [0.15, 0.2) is 18.2 Å². The molecule has 0 aliphatic rings. The Morgan fingerprint density at radius 2 is 2.00 bits per heavy atom. The molecule has 2 aromatic heterocycles. The average Bonchev–Trinajstić information content (AvgIpc) is 2.91. The Hall–Kier alpha value is -1.30. The summed E-state index contributed by atoms with van der Waals surface area (Å²) in [5.74, 6) is 0. The van der Waals surface area contributed by atoms with E-state index in [0.717, 1.165) is 26.1 Å². The first-order valence-corrected chi connectivity index (χ1v) is 7.34. The molecular formula is C13H13N3S2. The van der Waals surface area contributed by atoms with E-state index >= 15 is 0 Å². The number of aromatic nitrogens is 2. The van der Waals surface area contributed by atoms with Crippen LogP contribution in [0.5, 0.6) is 0 Å². The molecule has 0 fully saturated rings. The highest BCUT2D eigenvalue weighted by Gasteiger charge is 2.13. The van der Waals surface area contributed by atoms with Crippen LogP contribution < -0.4 is 5.73 Å². The third-order valence-electron chi connectivity index (χ3n) is 2.75. The number of aryl methyl sites for hydroxylation is 2. The predicted octanol–water partition coefficient (Wildman–Crippen LogP) is 3.50. The van der Waals surface area contributed by atoms with E-state index in [1.807, 2.05) is 6.92 Å². The second-order valence-corrected chi connectivity index (χ2v) is 6.33. The van der Waals surface area contributed by atoms with Crippen molar-refractivity contribution in [3.05, 3.63) is 34.5 Å². The van der Waals surface area contributed by atoms with Crippen molar-refractivity contribution in [3.63, 3.8) is 0 Å². The largest absolute Gasteiger partial charge is 0.325 e. The van der Waals surface area contributed by atoms with Crippen molar-refractivity contribution in [3.8, 4) is 9.88 Å². The number of rotatable bonds is 2. The molecular weight excluding hydrogens is 262 g/mol. The minimum atomic E-state index is 0.496. The molecule has 0 aliphatic carbocycles. The van der Waals surface area contributed by atoms with Gasteiger partial charge < -0.3 is 5.73 Å². The van der Waals surface area contributed by atoms with Crippen LogP contribution in [-0.2, 0) is 6.54 Å². The average molecular weight is 275 g/mol. The fraction of sp³-hybridized carbons (Fsp3) is 0.231. The Morgan fingerprint density at radius 3 is 2.72 bits per heavy atom. The van der Waals surface area contributed by atoms with Crippen molar-refractivity contribution < 1.29 is 0 Å². The summed E-state index contributed by atoms with van der Waals surface area (Å²) in [5, 5.41) is 2.02. The lowest BCUT2D eigenvalue weighted by Gasteiger charge is -1.88. The maximum absolute atomic E-state index is 5.64. The Morgan fingerprint density at radius 1 is 1.17 bits per heavy atom. The molecule has 3 nitrogen and oxygen atoms in total. The first kappa shape index (κ1) is 11.8. The fourth-order valence-electron chi connectivity index (χ4n) is 1.87. The molecule has 0 unspecified atom stereocenters. The van der Waals surface area contributed by atoms with Gasteiger partial charge in [-0.05, 0) is 31.5 Å². The summed E-state index contributed by atoms with van der Waals surface area (Å²) in [6.45, 7) is 4.61. The Kier molecular flexibility index (Phi) is 2.89. The molecule has 0 saturated carbocycles. The van der Waals surface area contributed by atoms with Crippen molar-refractivity contribution in [2.75, 3.05) is 0 Å². The Balaban J connectivity index is 2.15. The molecule has 0 saturated heterocycles. The number of fused-ring (bicyclic) bond motifs is 1. The minimum absolute atomic E-state index is 0.496. The zero-order valence-corrected chi connectivity index (χ0v) is 11.9. The zero-order valence-electron chi connectivity index (χ0n) is 10.2. The standard InChI is InChI=1S/C13H13N3S2/c1-7-3-4-9-10(5-7)17-13(16-9)12-8(2)15-11(6-14)18-12/h3-5H,6,14H2,1-2H3. The number of nitrogens with two attached hydrogens (primary N) is 1. The number of benzene rings is 1. The van der Waals surface area contributed by atoms with Gasteiger partial charge in [0.1, 0.15) is 10.0 Å². The highest BCUT2D eigenvalue weighted by Crippen LogP contribution is 2.35. The number of nitrogens with zero attached hydrogens (tertiary/aromatic N) is 2. The molecule has 0 atom stereocenters. The first-order valence-electron chi connectivity index (χ1n) is 5.71. The number of thiazole rings is 2. The molecule has 0 spiro atoms. The molecule has 92 valence electrons. The highest BCUT2D eigenvalue weighted by molar-refractivity contribution is 7.25. The molecule has 2 heterocycles. The van der Waals surface area contributed by atoms with Crippen molar-refractivity contribution >= 4 is 32.9 Å². The lowest BCUT2D eigenvalue weighted by molar-refractivity contribution is 1.02. The Labute approximate surface area is 113 Å². The van der Waals surface area contributed by atoms with Crippen molar-refractivity contribution in [1.82, 2.24) is 9.97 Å². The number of hydrogen-bond acceptors (Lipinski definition) is 5. The molecule has 2 N–H and O–H groups in total. The van der Waals surface area contributed by atoms with Gasteiger partial charge in [-0.1, -0.05) is 6.07 Å². The highest BCUT2D eigenvalue weighted by atomic mass is 32.1.